The Balaban J connectivity index is 1.45. The maximum absolute atomic E-state index is 12.5. The molecule has 5 nitrogen and oxygen atoms in total. The summed E-state index contributed by atoms with van der Waals surface area (Å²) < 4.78 is 5.69. The molecule has 31 heavy (non-hydrogen) atoms. The minimum Gasteiger partial charge on any atom is -0.484 e. The van der Waals surface area contributed by atoms with Gasteiger partial charge in [-0.3, -0.25) is 9.59 Å². The van der Waals surface area contributed by atoms with Gasteiger partial charge in [0.2, 0.25) is 0 Å². The molecule has 2 amide bonds. The standard InChI is InChI=1S/C25H31ClN2O3/c1-16(2)19-5-7-20(8-6-19)25(30)27-21-9-11-28(12-10-21)23(29)15-31-22-13-17(3)24(26)18(4)14-22/h5-8,13-14,16,21H,9-12,15H2,1-4H3,(H,27,30). The van der Waals surface area contributed by atoms with Crippen LogP contribution in [0.25, 0.3) is 0 Å². The molecule has 0 radical (unpaired) electrons. The highest BCUT2D eigenvalue weighted by Crippen LogP contribution is 2.26. The van der Waals surface area contributed by atoms with Crippen LogP contribution in [0.4, 0.5) is 0 Å². The Kier molecular flexibility index (Phi) is 7.60. The highest BCUT2D eigenvalue weighted by atomic mass is 35.5. The molecule has 3 rings (SSSR count). The number of carbonyl (C=O) groups is 2. The first-order chi connectivity index (χ1) is 14.7. The predicted octanol–water partition coefficient (Wildman–Crippen LogP) is 4.88. The summed E-state index contributed by atoms with van der Waals surface area (Å²) in [6, 6.07) is 11.5. The molecule has 0 aromatic heterocycles. The van der Waals surface area contributed by atoms with Gasteiger partial charge in [0.15, 0.2) is 6.61 Å². The van der Waals surface area contributed by atoms with Gasteiger partial charge in [-0.25, -0.2) is 0 Å². The normalized spacial score (nSPS) is 14.6. The summed E-state index contributed by atoms with van der Waals surface area (Å²) in [6.07, 6.45) is 1.47. The van der Waals surface area contributed by atoms with E-state index in [0.29, 0.717) is 30.3 Å². The lowest BCUT2D eigenvalue weighted by Crippen LogP contribution is -2.47. The van der Waals surface area contributed by atoms with E-state index in [1.165, 1.54) is 5.56 Å². The fourth-order valence-corrected chi connectivity index (χ4v) is 3.90. The van der Waals surface area contributed by atoms with Crippen molar-refractivity contribution in [3.63, 3.8) is 0 Å². The fourth-order valence-electron chi connectivity index (χ4n) is 3.79. The number of ether oxygens (including phenoxy) is 1. The summed E-state index contributed by atoms with van der Waals surface area (Å²) >= 11 is 6.18. The lowest BCUT2D eigenvalue weighted by molar-refractivity contribution is -0.134. The van der Waals surface area contributed by atoms with Crippen molar-refractivity contribution in [3.8, 4) is 5.75 Å². The molecule has 1 aliphatic rings. The Hall–Kier alpha value is -2.53. The highest BCUT2D eigenvalue weighted by molar-refractivity contribution is 6.32. The van der Waals surface area contributed by atoms with Gasteiger partial charge < -0.3 is 15.0 Å². The van der Waals surface area contributed by atoms with E-state index in [-0.39, 0.29) is 24.5 Å². The summed E-state index contributed by atoms with van der Waals surface area (Å²) in [4.78, 5) is 26.9. The molecular formula is C25H31ClN2O3. The second kappa shape index (κ2) is 10.2. The molecule has 0 atom stereocenters. The minimum absolute atomic E-state index is 0.000260. The molecule has 1 saturated heterocycles. The van der Waals surface area contributed by atoms with Crippen molar-refractivity contribution in [2.75, 3.05) is 19.7 Å². The van der Waals surface area contributed by atoms with Crippen LogP contribution in [0.5, 0.6) is 5.75 Å². The van der Waals surface area contributed by atoms with E-state index in [0.717, 1.165) is 29.0 Å². The molecular weight excluding hydrogens is 412 g/mol. The van der Waals surface area contributed by atoms with Gasteiger partial charge in [0, 0.05) is 29.7 Å². The summed E-state index contributed by atoms with van der Waals surface area (Å²) in [5.74, 6) is 0.991. The Morgan fingerprint density at radius 3 is 2.23 bits per heavy atom. The van der Waals surface area contributed by atoms with Crippen LogP contribution in [-0.2, 0) is 4.79 Å². The summed E-state index contributed by atoms with van der Waals surface area (Å²) in [7, 11) is 0. The topological polar surface area (TPSA) is 58.6 Å². The van der Waals surface area contributed by atoms with E-state index in [1.807, 2.05) is 50.2 Å². The minimum atomic E-state index is -0.0584. The number of rotatable bonds is 6. The van der Waals surface area contributed by atoms with Crippen molar-refractivity contribution in [1.29, 1.82) is 0 Å². The lowest BCUT2D eigenvalue weighted by Gasteiger charge is -2.32. The van der Waals surface area contributed by atoms with Crippen molar-refractivity contribution >= 4 is 23.4 Å². The quantitative estimate of drug-likeness (QED) is 0.693. The van der Waals surface area contributed by atoms with Crippen molar-refractivity contribution in [2.24, 2.45) is 0 Å². The van der Waals surface area contributed by atoms with Crippen LogP contribution in [0.2, 0.25) is 5.02 Å². The maximum Gasteiger partial charge on any atom is 0.260 e. The number of aryl methyl sites for hydroxylation is 2. The molecule has 1 heterocycles. The van der Waals surface area contributed by atoms with Crippen LogP contribution < -0.4 is 10.1 Å². The smallest absolute Gasteiger partial charge is 0.260 e. The van der Waals surface area contributed by atoms with Crippen molar-refractivity contribution in [1.82, 2.24) is 10.2 Å². The van der Waals surface area contributed by atoms with Gasteiger partial charge in [0.1, 0.15) is 5.75 Å². The summed E-state index contributed by atoms with van der Waals surface area (Å²) in [5, 5.41) is 3.82. The lowest BCUT2D eigenvalue weighted by atomic mass is 10.0. The van der Waals surface area contributed by atoms with Crippen molar-refractivity contribution in [2.45, 2.75) is 52.5 Å². The first-order valence-electron chi connectivity index (χ1n) is 10.8. The monoisotopic (exact) mass is 442 g/mol. The van der Waals surface area contributed by atoms with Gasteiger partial charge >= 0.3 is 0 Å². The van der Waals surface area contributed by atoms with Crippen LogP contribution in [0.3, 0.4) is 0 Å². The molecule has 0 saturated carbocycles. The van der Waals surface area contributed by atoms with Crippen LogP contribution >= 0.6 is 11.6 Å². The Morgan fingerprint density at radius 2 is 1.68 bits per heavy atom. The number of piperidine rings is 1. The Bertz CT molecular complexity index is 909. The zero-order valence-corrected chi connectivity index (χ0v) is 19.5. The third-order valence-corrected chi connectivity index (χ3v) is 6.39. The Morgan fingerprint density at radius 1 is 1.10 bits per heavy atom. The third-order valence-electron chi connectivity index (χ3n) is 5.79. The average Bonchev–Trinajstić information content (AvgIpc) is 2.76. The predicted molar refractivity (Wildman–Crippen MR) is 124 cm³/mol. The molecule has 0 bridgehead atoms. The molecule has 2 aromatic carbocycles. The van der Waals surface area contributed by atoms with Gasteiger partial charge in [-0.05, 0) is 73.6 Å². The van der Waals surface area contributed by atoms with Gasteiger partial charge in [0.25, 0.3) is 11.8 Å². The second-order valence-corrected chi connectivity index (χ2v) is 8.94. The van der Waals surface area contributed by atoms with E-state index >= 15 is 0 Å². The van der Waals surface area contributed by atoms with Gasteiger partial charge in [0.05, 0.1) is 0 Å². The van der Waals surface area contributed by atoms with Gasteiger partial charge in [-0.15, -0.1) is 0 Å². The number of nitrogens with one attached hydrogen (secondary N) is 1. The van der Waals surface area contributed by atoms with Crippen LogP contribution in [-0.4, -0.2) is 42.5 Å². The van der Waals surface area contributed by atoms with Gasteiger partial charge in [-0.1, -0.05) is 37.6 Å². The van der Waals surface area contributed by atoms with E-state index in [2.05, 4.69) is 19.2 Å². The molecule has 0 aliphatic carbocycles. The number of nitrogens with zero attached hydrogens (tertiary/aromatic N) is 1. The van der Waals surface area contributed by atoms with Gasteiger partial charge in [-0.2, -0.15) is 0 Å². The van der Waals surface area contributed by atoms with E-state index in [1.54, 1.807) is 4.90 Å². The number of benzene rings is 2. The fraction of sp³-hybridized carbons (Fsp3) is 0.440. The molecule has 0 unspecified atom stereocenters. The molecule has 1 aliphatic heterocycles. The maximum atomic E-state index is 12.5. The van der Waals surface area contributed by atoms with E-state index < -0.39 is 0 Å². The second-order valence-electron chi connectivity index (χ2n) is 8.56. The Labute approximate surface area is 189 Å². The average molecular weight is 443 g/mol. The number of halogens is 1. The number of amides is 2. The van der Waals surface area contributed by atoms with Crippen molar-refractivity contribution in [3.05, 3.63) is 63.7 Å². The van der Waals surface area contributed by atoms with E-state index in [4.69, 9.17) is 16.3 Å². The zero-order valence-electron chi connectivity index (χ0n) is 18.7. The molecule has 6 heteroatoms. The summed E-state index contributed by atoms with van der Waals surface area (Å²) in [5.41, 5.74) is 3.75. The third kappa shape index (κ3) is 6.01. The van der Waals surface area contributed by atoms with Crippen molar-refractivity contribution < 1.29 is 14.3 Å². The molecule has 0 spiro atoms. The SMILES string of the molecule is Cc1cc(OCC(=O)N2CCC(NC(=O)c3ccc(C(C)C)cc3)CC2)cc(C)c1Cl. The number of likely N-dealkylation sites (tertiary alicyclic amines) is 1. The first-order valence-corrected chi connectivity index (χ1v) is 11.2. The number of carbonyl (C=O) groups excluding carboxylic acids is 2. The number of hydrogen-bond donors (Lipinski definition) is 1. The van der Waals surface area contributed by atoms with Crippen LogP contribution in [0.15, 0.2) is 36.4 Å². The first kappa shape index (κ1) is 23.1. The molecule has 1 N–H and O–H groups in total. The molecule has 2 aromatic rings. The van der Waals surface area contributed by atoms with Crippen LogP contribution in [0.1, 0.15) is 59.7 Å². The highest BCUT2D eigenvalue weighted by Gasteiger charge is 2.24. The zero-order chi connectivity index (χ0) is 22.5. The largest absolute Gasteiger partial charge is 0.484 e. The number of hydrogen-bond acceptors (Lipinski definition) is 3. The molecule has 166 valence electrons. The van der Waals surface area contributed by atoms with Crippen LogP contribution in [0, 0.1) is 13.8 Å². The summed E-state index contributed by atoms with van der Waals surface area (Å²) in [6.45, 7) is 9.32. The van der Waals surface area contributed by atoms with E-state index in [9.17, 15) is 9.59 Å². The molecule has 1 fully saturated rings.